The van der Waals surface area contributed by atoms with Crippen molar-refractivity contribution in [3.63, 3.8) is 0 Å². The maximum atomic E-state index is 12.3. The van der Waals surface area contributed by atoms with Crippen LogP contribution in [0.5, 0.6) is 0 Å². The Hall–Kier alpha value is -3.72. The molecule has 0 aliphatic heterocycles. The van der Waals surface area contributed by atoms with Crippen molar-refractivity contribution in [2.45, 2.75) is 13.1 Å². The molecule has 0 radical (unpaired) electrons. The normalized spacial score (nSPS) is 10.0. The van der Waals surface area contributed by atoms with Crippen LogP contribution in [0.3, 0.4) is 0 Å². The van der Waals surface area contributed by atoms with Crippen LogP contribution in [0.2, 0.25) is 0 Å². The first-order valence-corrected chi connectivity index (χ1v) is 8.57. The van der Waals surface area contributed by atoms with Gasteiger partial charge in [0.2, 0.25) is 0 Å². The lowest BCUT2D eigenvalue weighted by molar-refractivity contribution is -0.136. The van der Waals surface area contributed by atoms with Gasteiger partial charge in [-0.15, -0.1) is 0 Å². The van der Waals surface area contributed by atoms with E-state index in [1.807, 2.05) is 12.1 Å². The van der Waals surface area contributed by atoms with Gasteiger partial charge in [0.25, 0.3) is 0 Å². The Morgan fingerprint density at radius 3 is 2.24 bits per heavy atom. The van der Waals surface area contributed by atoms with Crippen LogP contribution in [-0.2, 0) is 32.2 Å². The summed E-state index contributed by atoms with van der Waals surface area (Å²) in [6.07, 6.45) is 0. The number of hydrogen-bond acceptors (Lipinski definition) is 7. The lowest BCUT2D eigenvalue weighted by atomic mass is 10.1. The summed E-state index contributed by atoms with van der Waals surface area (Å²) in [5.74, 6) is -3.33. The van der Waals surface area contributed by atoms with Crippen molar-refractivity contribution >= 4 is 29.4 Å². The topological polar surface area (TPSA) is 137 Å². The number of nitrogens with two attached hydrogens (primary N) is 1. The van der Waals surface area contributed by atoms with E-state index in [1.54, 1.807) is 12.1 Å². The average molecular weight is 399 g/mol. The van der Waals surface area contributed by atoms with Crippen molar-refractivity contribution in [2.24, 2.45) is 5.73 Å². The number of hydrogen-bond donors (Lipinski definition) is 3. The molecule has 2 aromatic carbocycles. The Bertz CT molecular complexity index is 942. The van der Waals surface area contributed by atoms with Crippen LogP contribution in [-0.4, -0.2) is 38.0 Å². The Kier molecular flexibility index (Phi) is 7.44. The van der Waals surface area contributed by atoms with Gasteiger partial charge >= 0.3 is 23.8 Å². The van der Waals surface area contributed by atoms with E-state index in [9.17, 15) is 19.2 Å². The van der Waals surface area contributed by atoms with E-state index >= 15 is 0 Å². The zero-order valence-corrected chi connectivity index (χ0v) is 16.0. The third-order valence-electron chi connectivity index (χ3n) is 3.98. The van der Waals surface area contributed by atoms with E-state index in [4.69, 9.17) is 5.73 Å². The van der Waals surface area contributed by atoms with Crippen LogP contribution in [0.1, 0.15) is 31.8 Å². The van der Waals surface area contributed by atoms with Gasteiger partial charge in [0.15, 0.2) is 0 Å². The number of nitrogens with one attached hydrogen (secondary N) is 2. The molecule has 9 heteroatoms. The summed E-state index contributed by atoms with van der Waals surface area (Å²) in [5, 5.41) is 4.81. The molecule has 0 saturated carbocycles. The third kappa shape index (κ3) is 5.63. The molecule has 0 atom stereocenters. The summed E-state index contributed by atoms with van der Waals surface area (Å²) in [5.41, 5.74) is 7.27. The van der Waals surface area contributed by atoms with Crippen molar-refractivity contribution in [3.8, 4) is 0 Å². The van der Waals surface area contributed by atoms with Gasteiger partial charge in [0, 0.05) is 13.1 Å². The molecule has 2 rings (SSSR count). The molecule has 0 bridgehead atoms. The predicted octanol–water partition coefficient (Wildman–Crippen LogP) is 0.973. The highest BCUT2D eigenvalue weighted by Gasteiger charge is 2.20. The van der Waals surface area contributed by atoms with Gasteiger partial charge in [-0.25, -0.2) is 9.59 Å². The number of carbonyl (C=O) groups is 4. The number of anilines is 1. The van der Waals surface area contributed by atoms with E-state index < -0.39 is 23.8 Å². The van der Waals surface area contributed by atoms with Crippen LogP contribution >= 0.6 is 0 Å². The van der Waals surface area contributed by atoms with Gasteiger partial charge in [0.05, 0.1) is 31.0 Å². The zero-order valence-electron chi connectivity index (χ0n) is 16.0. The Labute approximate surface area is 167 Å². The maximum absolute atomic E-state index is 12.3. The zero-order chi connectivity index (χ0) is 21.4. The van der Waals surface area contributed by atoms with Crippen LogP contribution in [0.15, 0.2) is 42.5 Å². The van der Waals surface area contributed by atoms with Crippen molar-refractivity contribution in [3.05, 3.63) is 64.7 Å². The maximum Gasteiger partial charge on any atom is 0.339 e. The first-order valence-electron chi connectivity index (χ1n) is 8.57. The number of rotatable bonds is 6. The molecule has 0 spiro atoms. The SMILES string of the molecule is COC(=O)c1ccc(C(=O)OC)c(NC(=O)C(=O)NCc2cccc(CN)c2)c1. The molecular formula is C20H21N3O6. The Morgan fingerprint density at radius 1 is 0.897 bits per heavy atom. The Morgan fingerprint density at radius 2 is 1.59 bits per heavy atom. The van der Waals surface area contributed by atoms with Crippen molar-refractivity contribution in [1.29, 1.82) is 0 Å². The molecule has 0 aliphatic rings. The fourth-order valence-corrected chi connectivity index (χ4v) is 2.49. The number of ether oxygens (including phenoxy) is 2. The third-order valence-corrected chi connectivity index (χ3v) is 3.98. The summed E-state index contributed by atoms with van der Waals surface area (Å²) in [4.78, 5) is 48.0. The van der Waals surface area contributed by atoms with E-state index in [-0.39, 0.29) is 23.4 Å². The Balaban J connectivity index is 2.13. The smallest absolute Gasteiger partial charge is 0.339 e. The monoisotopic (exact) mass is 399 g/mol. The van der Waals surface area contributed by atoms with Crippen molar-refractivity contribution in [1.82, 2.24) is 5.32 Å². The fraction of sp³-hybridized carbons (Fsp3) is 0.200. The first kappa shape index (κ1) is 21.6. The number of esters is 2. The summed E-state index contributed by atoms with van der Waals surface area (Å²) < 4.78 is 9.28. The molecule has 0 aromatic heterocycles. The molecule has 9 nitrogen and oxygen atoms in total. The molecule has 0 fully saturated rings. The largest absolute Gasteiger partial charge is 0.465 e. The highest BCUT2D eigenvalue weighted by Crippen LogP contribution is 2.19. The first-order chi connectivity index (χ1) is 13.9. The average Bonchev–Trinajstić information content (AvgIpc) is 2.76. The molecule has 0 unspecified atom stereocenters. The van der Waals surface area contributed by atoms with Gasteiger partial charge in [-0.1, -0.05) is 24.3 Å². The van der Waals surface area contributed by atoms with Gasteiger partial charge in [-0.05, 0) is 29.3 Å². The minimum Gasteiger partial charge on any atom is -0.465 e. The van der Waals surface area contributed by atoms with Crippen LogP contribution in [0.25, 0.3) is 0 Å². The second-order valence-corrected chi connectivity index (χ2v) is 5.90. The van der Waals surface area contributed by atoms with E-state index in [2.05, 4.69) is 20.1 Å². The molecule has 4 N–H and O–H groups in total. The van der Waals surface area contributed by atoms with Gasteiger partial charge in [-0.3, -0.25) is 9.59 Å². The second-order valence-electron chi connectivity index (χ2n) is 5.90. The van der Waals surface area contributed by atoms with E-state index in [1.165, 1.54) is 32.4 Å². The van der Waals surface area contributed by atoms with Crippen molar-refractivity contribution < 1.29 is 28.7 Å². The summed E-state index contributed by atoms with van der Waals surface area (Å²) >= 11 is 0. The quantitative estimate of drug-likeness (QED) is 0.486. The summed E-state index contributed by atoms with van der Waals surface area (Å²) in [6, 6.07) is 11.1. The van der Waals surface area contributed by atoms with Crippen LogP contribution < -0.4 is 16.4 Å². The van der Waals surface area contributed by atoms with Gasteiger partial charge < -0.3 is 25.8 Å². The highest BCUT2D eigenvalue weighted by molar-refractivity contribution is 6.40. The van der Waals surface area contributed by atoms with Gasteiger partial charge in [-0.2, -0.15) is 0 Å². The number of methoxy groups -OCH3 is 2. The molecule has 2 amide bonds. The highest BCUT2D eigenvalue weighted by atomic mass is 16.5. The minimum absolute atomic E-state index is 0.0167. The lowest BCUT2D eigenvalue weighted by Gasteiger charge is -2.11. The lowest BCUT2D eigenvalue weighted by Crippen LogP contribution is -2.35. The molecular weight excluding hydrogens is 378 g/mol. The molecule has 0 heterocycles. The van der Waals surface area contributed by atoms with Gasteiger partial charge in [0.1, 0.15) is 0 Å². The second kappa shape index (κ2) is 10.00. The number of amides is 2. The standard InChI is InChI=1S/C20H21N3O6/c1-28-19(26)14-6-7-15(20(27)29-2)16(9-14)23-18(25)17(24)22-11-13-5-3-4-12(8-13)10-21/h3-9H,10-11,21H2,1-2H3,(H,22,24)(H,23,25). The fourth-order valence-electron chi connectivity index (χ4n) is 2.49. The van der Waals surface area contributed by atoms with Crippen molar-refractivity contribution in [2.75, 3.05) is 19.5 Å². The molecule has 2 aromatic rings. The summed E-state index contributed by atoms with van der Waals surface area (Å²) in [7, 11) is 2.37. The van der Waals surface area contributed by atoms with Crippen LogP contribution in [0.4, 0.5) is 5.69 Å². The number of benzene rings is 2. The molecule has 29 heavy (non-hydrogen) atoms. The van der Waals surface area contributed by atoms with E-state index in [0.717, 1.165) is 11.1 Å². The van der Waals surface area contributed by atoms with Crippen LogP contribution in [0, 0.1) is 0 Å². The predicted molar refractivity (Wildman–Crippen MR) is 104 cm³/mol. The minimum atomic E-state index is -1.01. The molecule has 152 valence electrons. The molecule has 0 aliphatic carbocycles. The molecule has 0 saturated heterocycles. The number of carbonyl (C=O) groups excluding carboxylic acids is 4. The summed E-state index contributed by atoms with van der Waals surface area (Å²) in [6.45, 7) is 0.473. The van der Waals surface area contributed by atoms with E-state index in [0.29, 0.717) is 6.54 Å².